The van der Waals surface area contributed by atoms with Gasteiger partial charge in [-0.1, -0.05) is 41.4 Å². The molecule has 3 rings (SSSR count). The van der Waals surface area contributed by atoms with Gasteiger partial charge in [0.1, 0.15) is 6.61 Å². The number of hydrazone groups is 1. The zero-order chi connectivity index (χ0) is 24.7. The summed E-state index contributed by atoms with van der Waals surface area (Å²) >= 11 is 12.0. The molecule has 0 heterocycles. The van der Waals surface area contributed by atoms with Gasteiger partial charge in [-0.2, -0.15) is 5.10 Å². The molecule has 0 unspecified atom stereocenters. The fourth-order valence-electron chi connectivity index (χ4n) is 2.86. The number of amides is 2. The number of hydrogen-bond acceptors (Lipinski definition) is 5. The van der Waals surface area contributed by atoms with Gasteiger partial charge >= 0.3 is 11.8 Å². The Hall–Kier alpha value is -3.55. The minimum absolute atomic E-state index is 0.345. The summed E-state index contributed by atoms with van der Waals surface area (Å²) in [5, 5.41) is 7.64. The van der Waals surface area contributed by atoms with Crippen molar-refractivity contribution in [3.05, 3.63) is 87.4 Å². The molecule has 9 heteroatoms. The number of nitrogens with zero attached hydrogens (tertiary/aromatic N) is 1. The zero-order valence-corrected chi connectivity index (χ0v) is 20.3. The van der Waals surface area contributed by atoms with Crippen molar-refractivity contribution in [2.45, 2.75) is 20.5 Å². The molecule has 0 aromatic heterocycles. The molecule has 0 bridgehead atoms. The Morgan fingerprint density at radius 2 is 1.68 bits per heavy atom. The summed E-state index contributed by atoms with van der Waals surface area (Å²) in [6, 6.07) is 17.6. The van der Waals surface area contributed by atoms with E-state index >= 15 is 0 Å². The molecular formula is C25H23Cl2N3O4. The SMILES string of the molecule is COc1cc(/C(C)=N/NC(=O)C(=O)Nc2ccc(C)c(Cl)c2)ccc1OCc1ccc(Cl)cc1. The highest BCUT2D eigenvalue weighted by Gasteiger charge is 2.14. The van der Waals surface area contributed by atoms with Crippen molar-refractivity contribution >= 4 is 46.4 Å². The maximum absolute atomic E-state index is 12.1. The first-order valence-electron chi connectivity index (χ1n) is 10.2. The molecule has 0 radical (unpaired) electrons. The molecule has 3 aromatic rings. The lowest BCUT2D eigenvalue weighted by molar-refractivity contribution is -0.136. The highest BCUT2D eigenvalue weighted by molar-refractivity contribution is 6.40. The zero-order valence-electron chi connectivity index (χ0n) is 18.8. The van der Waals surface area contributed by atoms with E-state index in [0.29, 0.717) is 45.1 Å². The molecule has 0 fully saturated rings. The third-order valence-electron chi connectivity index (χ3n) is 4.85. The molecule has 0 aliphatic heterocycles. The largest absolute Gasteiger partial charge is 0.493 e. The van der Waals surface area contributed by atoms with Crippen LogP contribution in [0.25, 0.3) is 0 Å². The third-order valence-corrected chi connectivity index (χ3v) is 5.51. The van der Waals surface area contributed by atoms with Crippen LogP contribution < -0.4 is 20.2 Å². The number of nitrogens with one attached hydrogen (secondary N) is 2. The van der Waals surface area contributed by atoms with E-state index in [1.54, 1.807) is 55.5 Å². The maximum Gasteiger partial charge on any atom is 0.329 e. The Labute approximate surface area is 207 Å². The average Bonchev–Trinajstić information content (AvgIpc) is 2.84. The van der Waals surface area contributed by atoms with Crippen molar-refractivity contribution in [3.8, 4) is 11.5 Å². The van der Waals surface area contributed by atoms with E-state index < -0.39 is 11.8 Å². The Kier molecular flexibility index (Phi) is 8.51. The molecule has 0 saturated heterocycles. The van der Waals surface area contributed by atoms with Gasteiger partial charge in [-0.15, -0.1) is 0 Å². The number of hydrogen-bond donors (Lipinski definition) is 2. The maximum atomic E-state index is 12.1. The van der Waals surface area contributed by atoms with Crippen molar-refractivity contribution in [1.29, 1.82) is 0 Å². The highest BCUT2D eigenvalue weighted by atomic mass is 35.5. The minimum atomic E-state index is -0.911. The van der Waals surface area contributed by atoms with Crippen molar-refractivity contribution in [2.24, 2.45) is 5.10 Å². The Morgan fingerprint density at radius 3 is 2.35 bits per heavy atom. The number of methoxy groups -OCH3 is 1. The molecule has 3 aromatic carbocycles. The summed E-state index contributed by atoms with van der Waals surface area (Å²) in [7, 11) is 1.53. The summed E-state index contributed by atoms with van der Waals surface area (Å²) in [5.41, 5.74) is 5.64. The van der Waals surface area contributed by atoms with Gasteiger partial charge in [0.05, 0.1) is 12.8 Å². The topological polar surface area (TPSA) is 89.0 Å². The quantitative estimate of drug-likeness (QED) is 0.260. The van der Waals surface area contributed by atoms with E-state index in [1.165, 1.54) is 7.11 Å². The first-order chi connectivity index (χ1) is 16.3. The van der Waals surface area contributed by atoms with Gasteiger partial charge in [0.2, 0.25) is 0 Å². The summed E-state index contributed by atoms with van der Waals surface area (Å²) < 4.78 is 11.3. The Balaban J connectivity index is 1.62. The fraction of sp³-hybridized carbons (Fsp3) is 0.160. The molecule has 2 N–H and O–H groups in total. The van der Waals surface area contributed by atoms with Crippen LogP contribution in [0.1, 0.15) is 23.6 Å². The van der Waals surface area contributed by atoms with E-state index in [4.69, 9.17) is 32.7 Å². The monoisotopic (exact) mass is 499 g/mol. The van der Waals surface area contributed by atoms with Crippen LogP contribution in [0.3, 0.4) is 0 Å². The van der Waals surface area contributed by atoms with E-state index in [-0.39, 0.29) is 0 Å². The van der Waals surface area contributed by atoms with Crippen LogP contribution in [0.4, 0.5) is 5.69 Å². The summed E-state index contributed by atoms with van der Waals surface area (Å²) in [5.74, 6) is -0.721. The number of benzene rings is 3. The highest BCUT2D eigenvalue weighted by Crippen LogP contribution is 2.29. The molecule has 2 amide bonds. The van der Waals surface area contributed by atoms with Crippen LogP contribution in [-0.4, -0.2) is 24.6 Å². The van der Waals surface area contributed by atoms with Crippen LogP contribution in [0.2, 0.25) is 10.0 Å². The van der Waals surface area contributed by atoms with E-state index in [9.17, 15) is 9.59 Å². The molecule has 34 heavy (non-hydrogen) atoms. The van der Waals surface area contributed by atoms with Gasteiger partial charge in [0.15, 0.2) is 11.5 Å². The van der Waals surface area contributed by atoms with E-state index in [2.05, 4.69) is 15.8 Å². The van der Waals surface area contributed by atoms with Crippen molar-refractivity contribution in [1.82, 2.24) is 5.43 Å². The molecule has 176 valence electrons. The molecule has 0 aliphatic rings. The molecular weight excluding hydrogens is 477 g/mol. The summed E-state index contributed by atoms with van der Waals surface area (Å²) in [4.78, 5) is 24.3. The van der Waals surface area contributed by atoms with Gasteiger partial charge < -0.3 is 14.8 Å². The number of halogens is 2. The van der Waals surface area contributed by atoms with Gasteiger partial charge in [-0.3, -0.25) is 9.59 Å². The molecule has 7 nitrogen and oxygen atoms in total. The van der Waals surface area contributed by atoms with Crippen LogP contribution in [0.15, 0.2) is 65.8 Å². The molecule has 0 saturated carbocycles. The smallest absolute Gasteiger partial charge is 0.329 e. The van der Waals surface area contributed by atoms with E-state index in [0.717, 1.165) is 11.1 Å². The second kappa shape index (κ2) is 11.5. The van der Waals surface area contributed by atoms with Crippen molar-refractivity contribution in [3.63, 3.8) is 0 Å². The Bertz CT molecular complexity index is 1230. The summed E-state index contributed by atoms with van der Waals surface area (Å²) in [6.45, 7) is 3.88. The second-order valence-corrected chi connectivity index (χ2v) is 8.18. The minimum Gasteiger partial charge on any atom is -0.493 e. The molecule has 0 aliphatic carbocycles. The second-order valence-electron chi connectivity index (χ2n) is 7.34. The first-order valence-corrected chi connectivity index (χ1v) is 11.0. The molecule has 0 atom stereocenters. The first kappa shape index (κ1) is 25.1. The fourth-order valence-corrected chi connectivity index (χ4v) is 3.17. The van der Waals surface area contributed by atoms with Gasteiger partial charge in [-0.05, 0) is 67.4 Å². The number of carbonyl (C=O) groups excluding carboxylic acids is 2. The lowest BCUT2D eigenvalue weighted by Crippen LogP contribution is -2.32. The van der Waals surface area contributed by atoms with Gasteiger partial charge in [0, 0.05) is 21.3 Å². The molecule has 0 spiro atoms. The van der Waals surface area contributed by atoms with Crippen LogP contribution >= 0.6 is 23.2 Å². The normalized spacial score (nSPS) is 11.0. The summed E-state index contributed by atoms with van der Waals surface area (Å²) in [6.07, 6.45) is 0. The van der Waals surface area contributed by atoms with Gasteiger partial charge in [-0.25, -0.2) is 5.43 Å². The van der Waals surface area contributed by atoms with Crippen molar-refractivity contribution in [2.75, 3.05) is 12.4 Å². The standard InChI is InChI=1S/C25H23Cl2N3O4/c1-15-4-10-20(13-21(15)27)28-24(31)25(32)30-29-16(2)18-7-11-22(23(12-18)33-3)34-14-17-5-8-19(26)9-6-17/h4-13H,14H2,1-3H3,(H,28,31)(H,30,32)/b29-16+. The predicted molar refractivity (Wildman–Crippen MR) is 134 cm³/mol. The third kappa shape index (κ3) is 6.73. The number of carbonyl (C=O) groups is 2. The van der Waals surface area contributed by atoms with E-state index in [1.807, 2.05) is 19.1 Å². The predicted octanol–water partition coefficient (Wildman–Crippen LogP) is 5.37. The van der Waals surface area contributed by atoms with Crippen LogP contribution in [0, 0.1) is 6.92 Å². The number of anilines is 1. The van der Waals surface area contributed by atoms with Crippen molar-refractivity contribution < 1.29 is 19.1 Å². The lowest BCUT2D eigenvalue weighted by atomic mass is 10.1. The van der Waals surface area contributed by atoms with Crippen LogP contribution in [0.5, 0.6) is 11.5 Å². The van der Waals surface area contributed by atoms with Crippen LogP contribution in [-0.2, 0) is 16.2 Å². The number of ether oxygens (including phenoxy) is 2. The average molecular weight is 500 g/mol. The Morgan fingerprint density at radius 1 is 0.941 bits per heavy atom. The lowest BCUT2D eigenvalue weighted by Gasteiger charge is -2.12. The number of rotatable bonds is 7. The number of aryl methyl sites for hydroxylation is 1. The van der Waals surface area contributed by atoms with Gasteiger partial charge in [0.25, 0.3) is 0 Å².